The fourth-order valence-corrected chi connectivity index (χ4v) is 3.96. The topological polar surface area (TPSA) is 46.5 Å². The van der Waals surface area contributed by atoms with Crippen LogP contribution in [-0.4, -0.2) is 23.9 Å². The third kappa shape index (κ3) is 9.43. The fourth-order valence-electron chi connectivity index (χ4n) is 2.80. The Balaban J connectivity index is 2.58. The van der Waals surface area contributed by atoms with E-state index in [1.54, 1.807) is 31.0 Å². The maximum absolute atomic E-state index is 11.5. The minimum Gasteiger partial charge on any atom is -0.478 e. The van der Waals surface area contributed by atoms with E-state index in [1.807, 2.05) is 6.07 Å². The highest BCUT2D eigenvalue weighted by molar-refractivity contribution is 7.99. The fraction of sp³-hybridized carbons (Fsp3) is 0.458. The molecular formula is C24H34O3S. The Labute approximate surface area is 174 Å². The first-order valence-corrected chi connectivity index (χ1v) is 10.7. The van der Waals surface area contributed by atoms with Crippen molar-refractivity contribution in [1.29, 1.82) is 0 Å². The molecule has 28 heavy (non-hydrogen) atoms. The Morgan fingerprint density at radius 3 is 2.29 bits per heavy atom. The first kappa shape index (κ1) is 24.3. The first-order valence-electron chi connectivity index (χ1n) is 9.76. The smallest absolute Gasteiger partial charge is 0.336 e. The Kier molecular flexibility index (Phi) is 11.6. The van der Waals surface area contributed by atoms with Crippen molar-refractivity contribution in [3.63, 3.8) is 0 Å². The maximum Gasteiger partial charge on any atom is 0.336 e. The summed E-state index contributed by atoms with van der Waals surface area (Å²) in [6.45, 7) is 9.04. The van der Waals surface area contributed by atoms with Crippen LogP contribution in [-0.2, 0) is 11.3 Å². The Hall–Kier alpha value is -1.78. The van der Waals surface area contributed by atoms with Gasteiger partial charge in [-0.25, -0.2) is 4.79 Å². The number of hydrogen-bond donors (Lipinski definition) is 1. The van der Waals surface area contributed by atoms with E-state index >= 15 is 0 Å². The number of rotatable bonds is 12. The molecule has 0 amide bonds. The molecule has 0 radical (unpaired) electrons. The molecular weight excluding hydrogens is 368 g/mol. The van der Waals surface area contributed by atoms with Gasteiger partial charge in [0.15, 0.2) is 0 Å². The van der Waals surface area contributed by atoms with E-state index in [0.29, 0.717) is 12.2 Å². The second-order valence-electron chi connectivity index (χ2n) is 7.30. The lowest BCUT2D eigenvalue weighted by Gasteiger charge is -2.11. The van der Waals surface area contributed by atoms with Crippen molar-refractivity contribution in [3.05, 3.63) is 64.3 Å². The lowest BCUT2D eigenvalue weighted by atomic mass is 10.1. The van der Waals surface area contributed by atoms with Gasteiger partial charge >= 0.3 is 5.97 Å². The van der Waals surface area contributed by atoms with E-state index < -0.39 is 5.97 Å². The van der Waals surface area contributed by atoms with Gasteiger partial charge in [-0.1, -0.05) is 47.1 Å². The monoisotopic (exact) mass is 402 g/mol. The number of allylic oxidation sites excluding steroid dienone is 5. The molecule has 1 aromatic rings. The lowest BCUT2D eigenvalue weighted by molar-refractivity contribution is 0.0692. The van der Waals surface area contributed by atoms with Crippen molar-refractivity contribution in [1.82, 2.24) is 0 Å². The molecule has 0 aliphatic rings. The summed E-state index contributed by atoms with van der Waals surface area (Å²) in [5.74, 6) is -0.134. The van der Waals surface area contributed by atoms with E-state index in [1.165, 1.54) is 16.7 Å². The second-order valence-corrected chi connectivity index (χ2v) is 8.33. The maximum atomic E-state index is 11.5. The molecule has 4 heteroatoms. The second kappa shape index (κ2) is 13.4. The summed E-state index contributed by atoms with van der Waals surface area (Å²) in [5, 5.41) is 9.45. The number of hydrogen-bond acceptors (Lipinski definition) is 3. The van der Waals surface area contributed by atoms with E-state index in [9.17, 15) is 9.90 Å². The summed E-state index contributed by atoms with van der Waals surface area (Å²) in [5.41, 5.74) is 5.43. The summed E-state index contributed by atoms with van der Waals surface area (Å²) in [4.78, 5) is 12.3. The van der Waals surface area contributed by atoms with Gasteiger partial charge in [-0.3, -0.25) is 0 Å². The molecule has 0 unspecified atom stereocenters. The Morgan fingerprint density at radius 1 is 1.04 bits per heavy atom. The predicted molar refractivity (Wildman–Crippen MR) is 120 cm³/mol. The molecule has 0 fully saturated rings. The van der Waals surface area contributed by atoms with Crippen LogP contribution in [0.2, 0.25) is 0 Å². The lowest BCUT2D eigenvalue weighted by Crippen LogP contribution is -2.03. The van der Waals surface area contributed by atoms with Crippen molar-refractivity contribution in [2.45, 2.75) is 64.9 Å². The highest BCUT2D eigenvalue weighted by atomic mass is 32.2. The van der Waals surface area contributed by atoms with Crippen molar-refractivity contribution in [2.75, 3.05) is 12.9 Å². The van der Waals surface area contributed by atoms with Crippen LogP contribution >= 0.6 is 11.8 Å². The van der Waals surface area contributed by atoms with E-state index in [2.05, 4.69) is 45.9 Å². The molecule has 0 aliphatic heterocycles. The zero-order valence-corrected chi connectivity index (χ0v) is 18.7. The van der Waals surface area contributed by atoms with Gasteiger partial charge in [-0.2, -0.15) is 0 Å². The minimum absolute atomic E-state index is 0.348. The molecule has 1 rings (SSSR count). The molecule has 0 aliphatic carbocycles. The molecule has 1 aromatic carbocycles. The third-order valence-corrected chi connectivity index (χ3v) is 5.51. The van der Waals surface area contributed by atoms with Crippen molar-refractivity contribution >= 4 is 17.7 Å². The number of benzene rings is 1. The summed E-state index contributed by atoms with van der Waals surface area (Å²) >= 11 is 1.56. The summed E-state index contributed by atoms with van der Waals surface area (Å²) < 4.78 is 5.22. The number of aromatic carboxylic acids is 1. The summed E-state index contributed by atoms with van der Waals surface area (Å²) in [6, 6.07) is 5.36. The first-order chi connectivity index (χ1) is 13.3. The summed E-state index contributed by atoms with van der Waals surface area (Å²) in [7, 11) is 1.63. The Morgan fingerprint density at radius 2 is 1.68 bits per heavy atom. The van der Waals surface area contributed by atoms with Gasteiger partial charge in [0, 0.05) is 17.8 Å². The van der Waals surface area contributed by atoms with Crippen molar-refractivity contribution < 1.29 is 14.6 Å². The van der Waals surface area contributed by atoms with Gasteiger partial charge in [0.1, 0.15) is 0 Å². The molecule has 0 aromatic heterocycles. The highest BCUT2D eigenvalue weighted by Crippen LogP contribution is 2.28. The third-order valence-electron chi connectivity index (χ3n) is 4.41. The van der Waals surface area contributed by atoms with Gasteiger partial charge in [0.25, 0.3) is 0 Å². The van der Waals surface area contributed by atoms with Crippen molar-refractivity contribution in [3.8, 4) is 0 Å². The van der Waals surface area contributed by atoms with Crippen LogP contribution in [0.15, 0.2) is 58.0 Å². The SMILES string of the molecule is COCc1cccc(C(=O)O)c1SCC=C(C)CCC=C(C)CCC=C(C)C. The summed E-state index contributed by atoms with van der Waals surface area (Å²) in [6.07, 6.45) is 11.1. The zero-order chi connectivity index (χ0) is 20.9. The zero-order valence-electron chi connectivity index (χ0n) is 17.9. The molecule has 0 atom stereocenters. The number of carboxylic acids is 1. The average molecular weight is 403 g/mol. The van der Waals surface area contributed by atoms with Gasteiger partial charge in [-0.15, -0.1) is 11.8 Å². The molecule has 3 nitrogen and oxygen atoms in total. The van der Waals surface area contributed by atoms with Crippen LogP contribution in [0.3, 0.4) is 0 Å². The van der Waals surface area contributed by atoms with E-state index in [-0.39, 0.29) is 0 Å². The van der Waals surface area contributed by atoms with Crippen LogP contribution in [0.1, 0.15) is 69.3 Å². The normalized spacial score (nSPS) is 12.2. The molecule has 0 heterocycles. The van der Waals surface area contributed by atoms with Crippen LogP contribution in [0.5, 0.6) is 0 Å². The quantitative estimate of drug-likeness (QED) is 0.301. The molecule has 0 bridgehead atoms. The number of thioether (sulfide) groups is 1. The van der Waals surface area contributed by atoms with Crippen LogP contribution in [0, 0.1) is 0 Å². The van der Waals surface area contributed by atoms with E-state index in [4.69, 9.17) is 4.74 Å². The number of methoxy groups -OCH3 is 1. The van der Waals surface area contributed by atoms with Crippen molar-refractivity contribution in [2.24, 2.45) is 0 Å². The number of carboxylic acid groups (broad SMARTS) is 1. The highest BCUT2D eigenvalue weighted by Gasteiger charge is 2.13. The average Bonchev–Trinajstić information content (AvgIpc) is 2.62. The van der Waals surface area contributed by atoms with E-state index in [0.717, 1.165) is 41.9 Å². The molecule has 0 saturated heterocycles. The van der Waals surface area contributed by atoms with Gasteiger partial charge < -0.3 is 9.84 Å². The van der Waals surface area contributed by atoms with Gasteiger partial charge in [0.2, 0.25) is 0 Å². The Bertz CT molecular complexity index is 725. The van der Waals surface area contributed by atoms with Gasteiger partial charge in [-0.05, 0) is 65.0 Å². The minimum atomic E-state index is -0.894. The molecule has 154 valence electrons. The van der Waals surface area contributed by atoms with Crippen LogP contribution in [0.25, 0.3) is 0 Å². The van der Waals surface area contributed by atoms with Crippen LogP contribution < -0.4 is 0 Å². The molecule has 0 saturated carbocycles. The standard InChI is InChI=1S/C24H34O3S/c1-18(2)9-6-10-19(3)11-7-12-20(4)15-16-28-23-21(17-27-5)13-8-14-22(23)24(25)26/h8-9,11,13-15H,6-7,10,12,16-17H2,1-5H3,(H,25,26). The number of carbonyl (C=O) groups is 1. The number of ether oxygens (including phenoxy) is 1. The van der Waals surface area contributed by atoms with Gasteiger partial charge in [0.05, 0.1) is 12.2 Å². The molecule has 1 N–H and O–H groups in total. The largest absolute Gasteiger partial charge is 0.478 e. The predicted octanol–water partition coefficient (Wildman–Crippen LogP) is 7.04. The van der Waals surface area contributed by atoms with Crippen LogP contribution in [0.4, 0.5) is 0 Å². The molecule has 0 spiro atoms.